The van der Waals surface area contributed by atoms with Crippen LogP contribution >= 0.6 is 11.8 Å². The number of amides is 1. The van der Waals surface area contributed by atoms with E-state index in [9.17, 15) is 4.79 Å². The topological polar surface area (TPSA) is 94.0 Å². The van der Waals surface area contributed by atoms with Gasteiger partial charge in [-0.1, -0.05) is 41.6 Å². The molecule has 2 aromatic carbocycles. The first-order valence-corrected chi connectivity index (χ1v) is 9.70. The molecule has 1 aromatic heterocycles. The molecule has 0 saturated heterocycles. The second-order valence-electron chi connectivity index (χ2n) is 6.33. The van der Waals surface area contributed by atoms with E-state index in [-0.39, 0.29) is 11.9 Å². The van der Waals surface area contributed by atoms with E-state index in [1.807, 2.05) is 62.4 Å². The molecule has 0 unspecified atom stereocenters. The van der Waals surface area contributed by atoms with Crippen molar-refractivity contribution in [2.75, 3.05) is 5.75 Å². The zero-order chi connectivity index (χ0) is 19.2. The molecule has 1 heterocycles. The summed E-state index contributed by atoms with van der Waals surface area (Å²) in [5.74, 6) is 1.28. The average Bonchev–Trinajstić information content (AvgIpc) is 3.16. The molecule has 0 aliphatic rings. The molecule has 7 heteroatoms. The van der Waals surface area contributed by atoms with Crippen LogP contribution in [0.25, 0.3) is 22.8 Å². The van der Waals surface area contributed by atoms with Gasteiger partial charge < -0.3 is 15.6 Å². The minimum Gasteiger partial charge on any atom is -0.353 e. The Morgan fingerprint density at radius 1 is 1.19 bits per heavy atom. The number of rotatable bonds is 7. The molecule has 140 valence electrons. The predicted molar refractivity (Wildman–Crippen MR) is 107 cm³/mol. The maximum atomic E-state index is 11.9. The van der Waals surface area contributed by atoms with Crippen molar-refractivity contribution in [1.29, 1.82) is 0 Å². The second-order valence-corrected chi connectivity index (χ2v) is 7.35. The van der Waals surface area contributed by atoms with Crippen LogP contribution in [-0.4, -0.2) is 27.8 Å². The molecule has 0 fully saturated rings. The maximum Gasteiger partial charge on any atom is 0.259 e. The van der Waals surface area contributed by atoms with Crippen LogP contribution in [0.5, 0.6) is 0 Å². The Bertz CT molecular complexity index is 906. The Labute approximate surface area is 162 Å². The van der Waals surface area contributed by atoms with E-state index in [0.717, 1.165) is 21.6 Å². The van der Waals surface area contributed by atoms with Gasteiger partial charge in [0, 0.05) is 23.0 Å². The Kier molecular flexibility index (Phi) is 6.26. The Morgan fingerprint density at radius 3 is 2.63 bits per heavy atom. The van der Waals surface area contributed by atoms with Gasteiger partial charge in [-0.3, -0.25) is 4.79 Å². The molecule has 3 aromatic rings. The molecule has 0 bridgehead atoms. The minimum atomic E-state index is -0.00369. The van der Waals surface area contributed by atoms with Crippen LogP contribution in [0, 0.1) is 0 Å². The lowest BCUT2D eigenvalue weighted by molar-refractivity contribution is -0.119. The molecule has 0 atom stereocenters. The highest BCUT2D eigenvalue weighted by Gasteiger charge is 2.15. The molecule has 1 amide bonds. The number of benzene rings is 2. The lowest BCUT2D eigenvalue weighted by Crippen LogP contribution is -2.31. The molecule has 3 rings (SSSR count). The fraction of sp³-hybridized carbons (Fsp3) is 0.250. The third kappa shape index (κ3) is 4.96. The molecule has 27 heavy (non-hydrogen) atoms. The summed E-state index contributed by atoms with van der Waals surface area (Å²) in [6, 6.07) is 15.6. The number of nitrogens with one attached hydrogen (secondary N) is 1. The monoisotopic (exact) mass is 382 g/mol. The molecule has 0 aliphatic heterocycles. The van der Waals surface area contributed by atoms with Gasteiger partial charge in [-0.2, -0.15) is 4.98 Å². The van der Waals surface area contributed by atoms with Gasteiger partial charge in [-0.15, -0.1) is 11.8 Å². The summed E-state index contributed by atoms with van der Waals surface area (Å²) in [6.07, 6.45) is 0. The first kappa shape index (κ1) is 19.1. The SMILES string of the molecule is CC(C)NC(=O)CSc1ccccc1-c1nc(-c2ccc(CN)cc2)no1. The zero-order valence-corrected chi connectivity index (χ0v) is 16.1. The Balaban J connectivity index is 1.78. The van der Waals surface area contributed by atoms with Crippen LogP contribution in [0.15, 0.2) is 57.9 Å². The molecule has 3 N–H and O–H groups in total. The van der Waals surface area contributed by atoms with Gasteiger partial charge in [0.1, 0.15) is 0 Å². The Morgan fingerprint density at radius 2 is 1.93 bits per heavy atom. The summed E-state index contributed by atoms with van der Waals surface area (Å²) in [5.41, 5.74) is 8.36. The number of nitrogens with zero attached hydrogens (tertiary/aromatic N) is 2. The van der Waals surface area contributed by atoms with Crippen molar-refractivity contribution >= 4 is 17.7 Å². The van der Waals surface area contributed by atoms with Crippen LogP contribution in [-0.2, 0) is 11.3 Å². The summed E-state index contributed by atoms with van der Waals surface area (Å²) in [6.45, 7) is 4.37. The van der Waals surface area contributed by atoms with Gasteiger partial charge in [-0.25, -0.2) is 0 Å². The molecular formula is C20H22N4O2S. The van der Waals surface area contributed by atoms with Crippen molar-refractivity contribution in [3.63, 3.8) is 0 Å². The highest BCUT2D eigenvalue weighted by atomic mass is 32.2. The van der Waals surface area contributed by atoms with Gasteiger partial charge in [0.25, 0.3) is 5.89 Å². The third-order valence-corrected chi connectivity index (χ3v) is 4.87. The van der Waals surface area contributed by atoms with Gasteiger partial charge in [0.05, 0.1) is 11.3 Å². The smallest absolute Gasteiger partial charge is 0.259 e. The second kappa shape index (κ2) is 8.83. The number of nitrogens with two attached hydrogens (primary N) is 1. The molecule has 0 radical (unpaired) electrons. The summed E-state index contributed by atoms with van der Waals surface area (Å²) < 4.78 is 5.47. The number of carbonyl (C=O) groups excluding carboxylic acids is 1. The largest absolute Gasteiger partial charge is 0.353 e. The number of hydrogen-bond acceptors (Lipinski definition) is 6. The van der Waals surface area contributed by atoms with E-state index >= 15 is 0 Å². The van der Waals surface area contributed by atoms with Crippen molar-refractivity contribution in [2.24, 2.45) is 5.73 Å². The van der Waals surface area contributed by atoms with E-state index in [0.29, 0.717) is 24.0 Å². The fourth-order valence-corrected chi connectivity index (χ4v) is 3.37. The third-order valence-electron chi connectivity index (χ3n) is 3.80. The van der Waals surface area contributed by atoms with Crippen molar-refractivity contribution in [1.82, 2.24) is 15.5 Å². The fourth-order valence-electron chi connectivity index (χ4n) is 2.52. The van der Waals surface area contributed by atoms with Gasteiger partial charge in [0.15, 0.2) is 0 Å². The molecular weight excluding hydrogens is 360 g/mol. The number of aromatic nitrogens is 2. The molecule has 6 nitrogen and oxygen atoms in total. The van der Waals surface area contributed by atoms with Crippen LogP contribution in [0.1, 0.15) is 19.4 Å². The number of thioether (sulfide) groups is 1. The predicted octanol–water partition coefficient (Wildman–Crippen LogP) is 3.48. The van der Waals surface area contributed by atoms with Gasteiger partial charge in [-0.05, 0) is 31.5 Å². The molecule has 0 spiro atoms. The minimum absolute atomic E-state index is 0.00369. The summed E-state index contributed by atoms with van der Waals surface area (Å²) in [7, 11) is 0. The zero-order valence-electron chi connectivity index (χ0n) is 15.3. The van der Waals surface area contributed by atoms with Crippen LogP contribution in [0.4, 0.5) is 0 Å². The lowest BCUT2D eigenvalue weighted by Gasteiger charge is -2.09. The van der Waals surface area contributed by atoms with Crippen LogP contribution < -0.4 is 11.1 Å². The number of carbonyl (C=O) groups is 1. The van der Waals surface area contributed by atoms with Crippen LogP contribution in [0.3, 0.4) is 0 Å². The maximum absolute atomic E-state index is 11.9. The van der Waals surface area contributed by atoms with Crippen LogP contribution in [0.2, 0.25) is 0 Å². The van der Waals surface area contributed by atoms with Crippen molar-refractivity contribution in [3.8, 4) is 22.8 Å². The van der Waals surface area contributed by atoms with Gasteiger partial charge >= 0.3 is 0 Å². The van der Waals surface area contributed by atoms with Crippen molar-refractivity contribution in [2.45, 2.75) is 31.3 Å². The Hall–Kier alpha value is -2.64. The van der Waals surface area contributed by atoms with Gasteiger partial charge in [0.2, 0.25) is 11.7 Å². The van der Waals surface area contributed by atoms with Crippen molar-refractivity contribution in [3.05, 3.63) is 54.1 Å². The van der Waals surface area contributed by atoms with E-state index in [4.69, 9.17) is 10.3 Å². The highest BCUT2D eigenvalue weighted by Crippen LogP contribution is 2.31. The number of hydrogen-bond donors (Lipinski definition) is 2. The summed E-state index contributed by atoms with van der Waals surface area (Å²) in [4.78, 5) is 17.4. The first-order chi connectivity index (χ1) is 13.1. The van der Waals surface area contributed by atoms with E-state index in [1.54, 1.807) is 0 Å². The first-order valence-electron chi connectivity index (χ1n) is 8.71. The quantitative estimate of drug-likeness (QED) is 0.608. The average molecular weight is 382 g/mol. The van der Waals surface area contributed by atoms with E-state index < -0.39 is 0 Å². The molecule has 0 saturated carbocycles. The molecule has 0 aliphatic carbocycles. The highest BCUT2D eigenvalue weighted by molar-refractivity contribution is 8.00. The van der Waals surface area contributed by atoms with E-state index in [2.05, 4.69) is 15.5 Å². The lowest BCUT2D eigenvalue weighted by atomic mass is 10.1. The normalized spacial score (nSPS) is 11.0. The van der Waals surface area contributed by atoms with E-state index in [1.165, 1.54) is 11.8 Å². The standard InChI is InChI=1S/C20H22N4O2S/c1-13(2)22-18(25)12-27-17-6-4-3-5-16(17)20-23-19(24-26-20)15-9-7-14(11-21)8-10-15/h3-10,13H,11-12,21H2,1-2H3,(H,22,25). The van der Waals surface area contributed by atoms with Crippen molar-refractivity contribution < 1.29 is 9.32 Å². The summed E-state index contributed by atoms with van der Waals surface area (Å²) in [5, 5.41) is 6.98. The summed E-state index contributed by atoms with van der Waals surface area (Å²) >= 11 is 1.45.